The smallest absolute Gasteiger partial charge is 0.335 e. The van der Waals surface area contributed by atoms with Crippen LogP contribution in [-0.4, -0.2) is 29.2 Å². The van der Waals surface area contributed by atoms with Crippen molar-refractivity contribution in [2.75, 3.05) is 13.0 Å². The maximum absolute atomic E-state index is 11.3. The van der Waals surface area contributed by atoms with E-state index in [1.165, 1.54) is 30.3 Å². The highest BCUT2D eigenvalue weighted by molar-refractivity contribution is 5.89. The molecule has 1 atom stereocenters. The van der Waals surface area contributed by atoms with Crippen molar-refractivity contribution in [3.63, 3.8) is 0 Å². The van der Waals surface area contributed by atoms with Crippen LogP contribution in [0.3, 0.4) is 0 Å². The molecule has 4 heteroatoms. The van der Waals surface area contributed by atoms with Gasteiger partial charge in [-0.05, 0) is 60.6 Å². The number of carboxylic acids is 1. The van der Waals surface area contributed by atoms with Gasteiger partial charge in [0.2, 0.25) is 0 Å². The normalized spacial score (nSPS) is 18.1. The molecule has 0 heterocycles. The van der Waals surface area contributed by atoms with Crippen LogP contribution in [0.2, 0.25) is 0 Å². The molecular formula is C25H27NO3. The second-order valence-corrected chi connectivity index (χ2v) is 6.53. The van der Waals surface area contributed by atoms with Crippen LogP contribution >= 0.6 is 0 Å². The molecule has 150 valence electrons. The lowest BCUT2D eigenvalue weighted by atomic mass is 9.99. The molecule has 0 radical (unpaired) electrons. The molecule has 0 aliphatic heterocycles. The van der Waals surface area contributed by atoms with E-state index in [2.05, 4.69) is 0 Å². The molecule has 3 aromatic rings. The van der Waals surface area contributed by atoms with E-state index in [9.17, 15) is 15.0 Å². The van der Waals surface area contributed by atoms with Gasteiger partial charge in [-0.25, -0.2) is 4.79 Å². The van der Waals surface area contributed by atoms with Gasteiger partial charge in [-0.15, -0.1) is 0 Å². The van der Waals surface area contributed by atoms with Crippen molar-refractivity contribution in [1.29, 1.82) is 0 Å². The number of rotatable bonds is 9. The maximum Gasteiger partial charge on any atom is 0.335 e. The molecule has 0 saturated heterocycles. The number of carboxylic acid groups (broad SMARTS) is 1. The summed E-state index contributed by atoms with van der Waals surface area (Å²) in [6, 6.07) is 18.7. The van der Waals surface area contributed by atoms with E-state index in [1.807, 2.05) is 5.32 Å². The van der Waals surface area contributed by atoms with E-state index >= 15 is 0 Å². The zero-order valence-electron chi connectivity index (χ0n) is 22.9. The number of aryl methyl sites for hydroxylation is 2. The molecule has 3 aromatic carbocycles. The highest BCUT2D eigenvalue weighted by Gasteiger charge is 2.07. The Morgan fingerprint density at radius 1 is 1.07 bits per heavy atom. The average molecular weight is 397 g/mol. The molecule has 0 unspecified atom stereocenters. The summed E-state index contributed by atoms with van der Waals surface area (Å²) in [6.45, 7) is -4.35. The zero-order valence-corrected chi connectivity index (χ0v) is 15.9. The zero-order chi connectivity index (χ0) is 26.9. The van der Waals surface area contributed by atoms with Gasteiger partial charge in [0.1, 0.15) is 0 Å². The summed E-state index contributed by atoms with van der Waals surface area (Å²) < 4.78 is 58.0. The van der Waals surface area contributed by atoms with Crippen molar-refractivity contribution in [1.82, 2.24) is 5.32 Å². The van der Waals surface area contributed by atoms with E-state index in [0.717, 1.165) is 0 Å². The van der Waals surface area contributed by atoms with Gasteiger partial charge in [0.05, 0.1) is 13.0 Å². The fourth-order valence-electron chi connectivity index (χ4n) is 2.84. The molecule has 0 saturated carbocycles. The van der Waals surface area contributed by atoms with Crippen molar-refractivity contribution < 1.29 is 24.6 Å². The molecule has 3 rings (SSSR count). The summed E-state index contributed by atoms with van der Waals surface area (Å²) in [6.07, 6.45) is -6.03. The molecule has 0 aromatic heterocycles. The summed E-state index contributed by atoms with van der Waals surface area (Å²) in [5, 5.41) is 21.8. The Morgan fingerprint density at radius 3 is 2.55 bits per heavy atom. The Kier molecular flexibility index (Phi) is 4.59. The molecular weight excluding hydrogens is 362 g/mol. The Hall–Kier alpha value is -2.95. The SMILES string of the molecule is [2H]C([2H])(Cc1cccc(-c2cccc(C(=O)O)c2)c1)C([2H])([2H])NC([2H])([2H])[C@]([2H])(O)c1cccc(C)c1. The van der Waals surface area contributed by atoms with Crippen molar-refractivity contribution >= 4 is 5.97 Å². The first-order chi connectivity index (χ1) is 16.6. The Balaban J connectivity index is 1.85. The molecule has 0 amide bonds. The molecule has 0 spiro atoms. The minimum Gasteiger partial charge on any atom is -0.478 e. The lowest BCUT2D eigenvalue weighted by Gasteiger charge is -2.13. The first-order valence-corrected chi connectivity index (χ1v) is 9.07. The van der Waals surface area contributed by atoms with Crippen molar-refractivity contribution in [2.24, 2.45) is 0 Å². The quantitative estimate of drug-likeness (QED) is 0.494. The highest BCUT2D eigenvalue weighted by Crippen LogP contribution is 2.22. The fourth-order valence-corrected chi connectivity index (χ4v) is 2.84. The summed E-state index contributed by atoms with van der Waals surface area (Å²) in [7, 11) is 0. The van der Waals surface area contributed by atoms with Crippen molar-refractivity contribution in [2.45, 2.75) is 25.8 Å². The van der Waals surface area contributed by atoms with Crippen LogP contribution in [0.5, 0.6) is 0 Å². The monoisotopic (exact) mass is 396 g/mol. The van der Waals surface area contributed by atoms with Crippen LogP contribution in [0.15, 0.2) is 72.8 Å². The second-order valence-electron chi connectivity index (χ2n) is 6.53. The van der Waals surface area contributed by atoms with Crippen LogP contribution in [0, 0.1) is 6.92 Å². The van der Waals surface area contributed by atoms with Gasteiger partial charge in [0, 0.05) is 14.7 Å². The van der Waals surface area contributed by atoms with E-state index in [-0.39, 0.29) is 11.1 Å². The first kappa shape index (κ1) is 13.3. The summed E-state index contributed by atoms with van der Waals surface area (Å²) in [4.78, 5) is 11.3. The maximum atomic E-state index is 11.3. The molecule has 0 fully saturated rings. The van der Waals surface area contributed by atoms with Crippen LogP contribution in [0.4, 0.5) is 0 Å². The van der Waals surface area contributed by atoms with Crippen LogP contribution < -0.4 is 5.32 Å². The number of nitrogens with one attached hydrogen (secondary N) is 1. The lowest BCUT2D eigenvalue weighted by Crippen LogP contribution is -2.22. The third-order valence-corrected chi connectivity index (χ3v) is 4.29. The number of carbonyl (C=O) groups is 1. The Labute approximate surface area is 181 Å². The number of aromatic carboxylic acids is 1. The summed E-state index contributed by atoms with van der Waals surface area (Å²) in [5.74, 6) is -1.09. The van der Waals surface area contributed by atoms with Crippen LogP contribution in [-0.2, 0) is 6.42 Å². The van der Waals surface area contributed by atoms with Gasteiger partial charge in [0.15, 0.2) is 0 Å². The molecule has 3 N–H and O–H groups in total. The average Bonchev–Trinajstić information content (AvgIpc) is 2.78. The van der Waals surface area contributed by atoms with Crippen LogP contribution in [0.1, 0.15) is 49.1 Å². The minimum atomic E-state index is -3.06. The summed E-state index contributed by atoms with van der Waals surface area (Å²) in [5.41, 5.74) is 2.24. The number of aliphatic hydroxyl groups is 1. The standard InChI is InChI=1S/C25H27NO3/c1-18-6-2-11-22(14-18)24(27)17-26-13-5-8-19-7-3-9-20(15-19)21-10-4-12-23(16-21)25(28)29/h2-4,6-7,9-12,14-16,24,26-27H,5,8,13,17H2,1H3,(H,28,29)/t24-/m0/s1/i5D2,13D2,17D2,24D. The lowest BCUT2D eigenvalue weighted by molar-refractivity contribution is 0.0697. The summed E-state index contributed by atoms with van der Waals surface area (Å²) >= 11 is 0. The largest absolute Gasteiger partial charge is 0.478 e. The molecule has 0 bridgehead atoms. The predicted octanol–water partition coefficient (Wildman–Crippen LogP) is 4.62. The molecule has 29 heavy (non-hydrogen) atoms. The molecule has 0 aliphatic rings. The van der Waals surface area contributed by atoms with Crippen molar-refractivity contribution in [3.05, 3.63) is 95.1 Å². The minimum absolute atomic E-state index is 0.0903. The van der Waals surface area contributed by atoms with E-state index in [4.69, 9.17) is 9.60 Å². The van der Waals surface area contributed by atoms with E-state index in [0.29, 0.717) is 22.3 Å². The number of benzene rings is 3. The van der Waals surface area contributed by atoms with Crippen molar-refractivity contribution in [3.8, 4) is 11.1 Å². The third kappa shape index (κ3) is 6.01. The molecule has 4 nitrogen and oxygen atoms in total. The third-order valence-electron chi connectivity index (χ3n) is 4.29. The van der Waals surface area contributed by atoms with E-state index < -0.39 is 37.8 Å². The second kappa shape index (κ2) is 10.0. The fraction of sp³-hybridized carbons (Fsp3) is 0.240. The highest BCUT2D eigenvalue weighted by atomic mass is 16.4. The first-order valence-electron chi connectivity index (χ1n) is 12.6. The van der Waals surface area contributed by atoms with Gasteiger partial charge < -0.3 is 15.5 Å². The van der Waals surface area contributed by atoms with Gasteiger partial charge >= 0.3 is 5.97 Å². The number of hydrogen-bond donors (Lipinski definition) is 3. The van der Waals surface area contributed by atoms with E-state index in [1.54, 1.807) is 49.4 Å². The van der Waals surface area contributed by atoms with Gasteiger partial charge in [-0.2, -0.15) is 0 Å². The Morgan fingerprint density at radius 2 is 1.79 bits per heavy atom. The number of hydrogen-bond acceptors (Lipinski definition) is 3. The van der Waals surface area contributed by atoms with Gasteiger partial charge in [0.25, 0.3) is 0 Å². The van der Waals surface area contributed by atoms with Gasteiger partial charge in [-0.1, -0.05) is 66.2 Å². The van der Waals surface area contributed by atoms with Crippen LogP contribution in [0.25, 0.3) is 11.1 Å². The topological polar surface area (TPSA) is 69.6 Å². The van der Waals surface area contributed by atoms with Gasteiger partial charge in [-0.3, -0.25) is 0 Å². The molecule has 0 aliphatic carbocycles. The Bertz CT molecular complexity index is 1260. The predicted molar refractivity (Wildman–Crippen MR) is 116 cm³/mol.